The number of nitrogens with zero attached hydrogens (tertiary/aromatic N) is 6. The molecule has 0 saturated carbocycles. The molecule has 8 nitrogen and oxygen atoms in total. The minimum Gasteiger partial charge on any atom is -0.362 e. The van der Waals surface area contributed by atoms with Crippen LogP contribution in [-0.2, 0) is 24.3 Å². The van der Waals surface area contributed by atoms with Crippen LogP contribution < -0.4 is 15.4 Å². The molecule has 26 heavy (non-hydrogen) atoms. The first kappa shape index (κ1) is 17.9. The van der Waals surface area contributed by atoms with E-state index in [1.807, 2.05) is 38.0 Å². The summed E-state index contributed by atoms with van der Waals surface area (Å²) in [7, 11) is 7.71. The van der Waals surface area contributed by atoms with Gasteiger partial charge in [0.2, 0.25) is 11.9 Å². The number of anilines is 2. The minimum absolute atomic E-state index is 0.0428. The number of hydrogen-bond acceptors (Lipinski definition) is 6. The Hall–Kier alpha value is -2.90. The predicted octanol–water partition coefficient (Wildman–Crippen LogP) is 0.355. The second kappa shape index (κ2) is 7.15. The summed E-state index contributed by atoms with van der Waals surface area (Å²) in [4.78, 5) is 39.4. The molecule has 0 aromatic carbocycles. The second-order valence-corrected chi connectivity index (χ2v) is 6.79. The fraction of sp³-hybridized carbons (Fsp3) is 0.444. The number of aromatic nitrogens is 3. The van der Waals surface area contributed by atoms with Crippen LogP contribution in [0.25, 0.3) is 0 Å². The number of fused-ring (bicyclic) bond motifs is 1. The molecule has 0 bridgehead atoms. The van der Waals surface area contributed by atoms with Crippen LogP contribution in [0, 0.1) is 0 Å². The monoisotopic (exact) mass is 356 g/mol. The molecule has 138 valence electrons. The minimum atomic E-state index is -0.176. The standard InChI is InChI=1S/C18H24N6O2/c1-21(2)17-13-8-10-24(11-14(13)19-18(20-17)22(3)4)16(26)12-23-9-6-5-7-15(23)25/h5-7,9H,8,10-12H2,1-4H3. The Morgan fingerprint density at radius 2 is 1.92 bits per heavy atom. The SMILES string of the molecule is CN(C)c1nc2c(c(N(C)C)n1)CCN(C(=O)Cn1ccccc1=O)C2. The van der Waals surface area contributed by atoms with Gasteiger partial charge in [-0.05, 0) is 12.5 Å². The van der Waals surface area contributed by atoms with E-state index in [1.54, 1.807) is 23.2 Å². The summed E-state index contributed by atoms with van der Waals surface area (Å²) < 4.78 is 1.42. The zero-order chi connectivity index (χ0) is 18.8. The molecule has 3 heterocycles. The predicted molar refractivity (Wildman–Crippen MR) is 101 cm³/mol. The molecule has 0 unspecified atom stereocenters. The Bertz CT molecular complexity index is 874. The molecule has 2 aromatic rings. The van der Waals surface area contributed by atoms with Crippen molar-refractivity contribution < 1.29 is 4.79 Å². The zero-order valence-electron chi connectivity index (χ0n) is 15.6. The average Bonchev–Trinajstić information content (AvgIpc) is 2.61. The van der Waals surface area contributed by atoms with Crippen LogP contribution in [0.15, 0.2) is 29.2 Å². The fourth-order valence-electron chi connectivity index (χ4n) is 3.02. The van der Waals surface area contributed by atoms with Crippen LogP contribution in [0.1, 0.15) is 11.3 Å². The smallest absolute Gasteiger partial charge is 0.250 e. The van der Waals surface area contributed by atoms with E-state index in [1.165, 1.54) is 10.6 Å². The Morgan fingerprint density at radius 1 is 1.15 bits per heavy atom. The first-order chi connectivity index (χ1) is 12.4. The van der Waals surface area contributed by atoms with E-state index in [-0.39, 0.29) is 18.0 Å². The lowest BCUT2D eigenvalue weighted by Crippen LogP contribution is -2.40. The lowest BCUT2D eigenvalue weighted by Gasteiger charge is -2.31. The molecule has 1 aliphatic heterocycles. The van der Waals surface area contributed by atoms with Crippen LogP contribution in [0.5, 0.6) is 0 Å². The van der Waals surface area contributed by atoms with Crippen molar-refractivity contribution >= 4 is 17.7 Å². The van der Waals surface area contributed by atoms with Crippen LogP contribution in [-0.4, -0.2) is 60.1 Å². The molecule has 0 spiro atoms. The Labute approximate surface area is 152 Å². The normalized spacial score (nSPS) is 13.3. The van der Waals surface area contributed by atoms with Gasteiger partial charge < -0.3 is 19.3 Å². The van der Waals surface area contributed by atoms with Gasteiger partial charge in [0, 0.05) is 52.6 Å². The highest BCUT2D eigenvalue weighted by molar-refractivity contribution is 5.76. The molecule has 0 fully saturated rings. The maximum Gasteiger partial charge on any atom is 0.250 e. The van der Waals surface area contributed by atoms with Gasteiger partial charge in [-0.25, -0.2) is 4.98 Å². The maximum absolute atomic E-state index is 12.7. The van der Waals surface area contributed by atoms with Gasteiger partial charge >= 0.3 is 0 Å². The van der Waals surface area contributed by atoms with Crippen LogP contribution in [0.4, 0.5) is 11.8 Å². The molecule has 0 saturated heterocycles. The summed E-state index contributed by atoms with van der Waals surface area (Å²) in [5.74, 6) is 1.44. The van der Waals surface area contributed by atoms with Crippen molar-refractivity contribution in [3.8, 4) is 0 Å². The Balaban J connectivity index is 1.85. The number of rotatable bonds is 4. The third kappa shape index (κ3) is 3.54. The number of hydrogen-bond donors (Lipinski definition) is 0. The lowest BCUT2D eigenvalue weighted by molar-refractivity contribution is -0.132. The van der Waals surface area contributed by atoms with Gasteiger partial charge in [-0.3, -0.25) is 9.59 Å². The molecule has 0 radical (unpaired) electrons. The summed E-state index contributed by atoms with van der Waals surface area (Å²) in [6, 6.07) is 4.88. The van der Waals surface area contributed by atoms with E-state index in [2.05, 4.69) is 9.97 Å². The van der Waals surface area contributed by atoms with E-state index in [9.17, 15) is 9.59 Å². The van der Waals surface area contributed by atoms with Gasteiger partial charge in [0.1, 0.15) is 12.4 Å². The molecular formula is C18H24N6O2. The third-order valence-electron chi connectivity index (χ3n) is 4.41. The fourth-order valence-corrected chi connectivity index (χ4v) is 3.02. The quantitative estimate of drug-likeness (QED) is 0.787. The van der Waals surface area contributed by atoms with Gasteiger partial charge in [-0.2, -0.15) is 4.98 Å². The molecule has 3 rings (SSSR count). The molecule has 8 heteroatoms. The highest BCUT2D eigenvalue weighted by Crippen LogP contribution is 2.27. The molecule has 2 aromatic heterocycles. The largest absolute Gasteiger partial charge is 0.362 e. The lowest BCUT2D eigenvalue weighted by atomic mass is 10.0. The van der Waals surface area contributed by atoms with Crippen molar-refractivity contribution in [3.63, 3.8) is 0 Å². The molecule has 1 aliphatic rings. The van der Waals surface area contributed by atoms with Crippen molar-refractivity contribution in [3.05, 3.63) is 46.0 Å². The summed E-state index contributed by atoms with van der Waals surface area (Å²) in [6.45, 7) is 1.07. The summed E-state index contributed by atoms with van der Waals surface area (Å²) in [5, 5.41) is 0. The van der Waals surface area contributed by atoms with Crippen LogP contribution in [0.2, 0.25) is 0 Å². The van der Waals surface area contributed by atoms with Crippen LogP contribution in [0.3, 0.4) is 0 Å². The van der Waals surface area contributed by atoms with E-state index < -0.39 is 0 Å². The summed E-state index contributed by atoms with van der Waals surface area (Å²) in [6.07, 6.45) is 2.33. The summed E-state index contributed by atoms with van der Waals surface area (Å²) in [5.41, 5.74) is 1.78. The molecule has 1 amide bonds. The highest BCUT2D eigenvalue weighted by atomic mass is 16.2. The third-order valence-corrected chi connectivity index (χ3v) is 4.41. The molecule has 0 atom stereocenters. The molecular weight excluding hydrogens is 332 g/mol. The van der Waals surface area contributed by atoms with E-state index in [4.69, 9.17) is 0 Å². The topological polar surface area (TPSA) is 74.6 Å². The van der Waals surface area contributed by atoms with E-state index in [0.717, 1.165) is 17.1 Å². The number of pyridine rings is 1. The van der Waals surface area contributed by atoms with Gasteiger partial charge in [-0.1, -0.05) is 6.07 Å². The maximum atomic E-state index is 12.7. The van der Waals surface area contributed by atoms with Gasteiger partial charge in [-0.15, -0.1) is 0 Å². The number of carbonyl (C=O) groups is 1. The van der Waals surface area contributed by atoms with Gasteiger partial charge in [0.15, 0.2) is 0 Å². The van der Waals surface area contributed by atoms with Crippen LogP contribution >= 0.6 is 0 Å². The van der Waals surface area contributed by atoms with Crippen molar-refractivity contribution in [2.75, 3.05) is 44.5 Å². The first-order valence-electron chi connectivity index (χ1n) is 8.54. The molecule has 0 aliphatic carbocycles. The average molecular weight is 356 g/mol. The number of carbonyl (C=O) groups excluding carboxylic acids is 1. The van der Waals surface area contributed by atoms with Crippen molar-refractivity contribution in [2.24, 2.45) is 0 Å². The van der Waals surface area contributed by atoms with Gasteiger partial charge in [0.25, 0.3) is 5.56 Å². The highest BCUT2D eigenvalue weighted by Gasteiger charge is 2.26. The van der Waals surface area contributed by atoms with Gasteiger partial charge in [0.05, 0.1) is 12.2 Å². The van der Waals surface area contributed by atoms with Crippen molar-refractivity contribution in [1.82, 2.24) is 19.4 Å². The first-order valence-corrected chi connectivity index (χ1v) is 8.54. The number of amides is 1. The molecule has 0 N–H and O–H groups in total. The zero-order valence-corrected chi connectivity index (χ0v) is 15.6. The summed E-state index contributed by atoms with van der Waals surface area (Å²) >= 11 is 0. The Kier molecular flexibility index (Phi) is 4.92. The van der Waals surface area contributed by atoms with Crippen molar-refractivity contribution in [1.29, 1.82) is 0 Å². The Morgan fingerprint density at radius 3 is 2.58 bits per heavy atom. The second-order valence-electron chi connectivity index (χ2n) is 6.79. The van der Waals surface area contributed by atoms with Crippen molar-refractivity contribution in [2.45, 2.75) is 19.5 Å². The van der Waals surface area contributed by atoms with E-state index in [0.29, 0.717) is 25.5 Å². The van der Waals surface area contributed by atoms with E-state index >= 15 is 0 Å².